The van der Waals surface area contributed by atoms with Crippen LogP contribution in [0, 0.1) is 5.82 Å². The number of rotatable bonds is 3. The molecule has 3 nitrogen and oxygen atoms in total. The van der Waals surface area contributed by atoms with Gasteiger partial charge in [-0.05, 0) is 42.0 Å². The standard InChI is InChI=1S/C16H13FN2O/c1-20-15-6-4-12(10-14(15)17)13-5-7-16(18-11-13)19-8-2-3-9-19/h2-11H,1H3. The molecule has 0 N–H and O–H groups in total. The number of nitrogens with zero attached hydrogens (tertiary/aromatic N) is 2. The number of aromatic nitrogens is 2. The summed E-state index contributed by atoms with van der Waals surface area (Å²) in [7, 11) is 1.45. The Hall–Kier alpha value is -2.62. The zero-order chi connectivity index (χ0) is 13.9. The van der Waals surface area contributed by atoms with E-state index in [9.17, 15) is 4.39 Å². The predicted octanol–water partition coefficient (Wildman–Crippen LogP) is 3.69. The lowest BCUT2D eigenvalue weighted by Gasteiger charge is -2.06. The van der Waals surface area contributed by atoms with Crippen molar-refractivity contribution < 1.29 is 9.13 Å². The minimum absolute atomic E-state index is 0.241. The molecule has 3 rings (SSSR count). The van der Waals surface area contributed by atoms with Crippen molar-refractivity contribution in [3.63, 3.8) is 0 Å². The van der Waals surface area contributed by atoms with Gasteiger partial charge in [-0.3, -0.25) is 0 Å². The average Bonchev–Trinajstić information content (AvgIpc) is 3.01. The van der Waals surface area contributed by atoms with Crippen LogP contribution in [0.4, 0.5) is 4.39 Å². The van der Waals surface area contributed by atoms with Crippen LogP contribution in [0.5, 0.6) is 5.75 Å². The summed E-state index contributed by atoms with van der Waals surface area (Å²) in [5.74, 6) is 0.692. The van der Waals surface area contributed by atoms with Crippen LogP contribution in [0.3, 0.4) is 0 Å². The molecular formula is C16H13FN2O. The number of hydrogen-bond acceptors (Lipinski definition) is 2. The van der Waals surface area contributed by atoms with Crippen LogP contribution in [-0.4, -0.2) is 16.7 Å². The lowest BCUT2D eigenvalue weighted by Crippen LogP contribution is -1.94. The number of methoxy groups -OCH3 is 1. The van der Waals surface area contributed by atoms with Gasteiger partial charge < -0.3 is 9.30 Å². The molecule has 4 heteroatoms. The highest BCUT2D eigenvalue weighted by molar-refractivity contribution is 5.64. The van der Waals surface area contributed by atoms with Gasteiger partial charge in [0, 0.05) is 24.2 Å². The zero-order valence-electron chi connectivity index (χ0n) is 11.0. The largest absolute Gasteiger partial charge is 0.494 e. The van der Waals surface area contributed by atoms with E-state index >= 15 is 0 Å². The van der Waals surface area contributed by atoms with Crippen LogP contribution in [0.15, 0.2) is 61.1 Å². The second-order valence-electron chi connectivity index (χ2n) is 4.34. The molecule has 0 aliphatic rings. The van der Waals surface area contributed by atoms with Gasteiger partial charge in [0.25, 0.3) is 0 Å². The average molecular weight is 268 g/mol. The van der Waals surface area contributed by atoms with E-state index < -0.39 is 0 Å². The summed E-state index contributed by atoms with van der Waals surface area (Å²) in [4.78, 5) is 4.38. The number of halogens is 1. The van der Waals surface area contributed by atoms with E-state index in [-0.39, 0.29) is 11.6 Å². The van der Waals surface area contributed by atoms with Crippen LogP contribution in [0.1, 0.15) is 0 Å². The van der Waals surface area contributed by atoms with E-state index in [1.54, 1.807) is 12.3 Å². The zero-order valence-corrected chi connectivity index (χ0v) is 11.0. The van der Waals surface area contributed by atoms with Gasteiger partial charge in [-0.25, -0.2) is 9.37 Å². The molecule has 0 spiro atoms. The quantitative estimate of drug-likeness (QED) is 0.724. The van der Waals surface area contributed by atoms with Gasteiger partial charge in [0.1, 0.15) is 5.82 Å². The Morgan fingerprint density at radius 1 is 1.05 bits per heavy atom. The smallest absolute Gasteiger partial charge is 0.165 e. The number of hydrogen-bond donors (Lipinski definition) is 0. The first-order chi connectivity index (χ1) is 9.78. The van der Waals surface area contributed by atoms with Crippen molar-refractivity contribution in [2.75, 3.05) is 7.11 Å². The van der Waals surface area contributed by atoms with Gasteiger partial charge in [0.15, 0.2) is 11.6 Å². The number of pyridine rings is 1. The van der Waals surface area contributed by atoms with Crippen molar-refractivity contribution in [2.24, 2.45) is 0 Å². The molecule has 0 amide bonds. The summed E-state index contributed by atoms with van der Waals surface area (Å²) < 4.78 is 20.5. The normalized spacial score (nSPS) is 10.5. The van der Waals surface area contributed by atoms with Gasteiger partial charge in [0.05, 0.1) is 7.11 Å². The van der Waals surface area contributed by atoms with Crippen molar-refractivity contribution in [3.05, 3.63) is 66.9 Å². The lowest BCUT2D eigenvalue weighted by molar-refractivity contribution is 0.386. The molecule has 0 atom stereocenters. The molecule has 0 saturated heterocycles. The molecule has 2 heterocycles. The molecule has 0 fully saturated rings. The minimum Gasteiger partial charge on any atom is -0.494 e. The van der Waals surface area contributed by atoms with Crippen LogP contribution in [0.2, 0.25) is 0 Å². The summed E-state index contributed by atoms with van der Waals surface area (Å²) in [5, 5.41) is 0. The first-order valence-electron chi connectivity index (χ1n) is 6.21. The Kier molecular flexibility index (Phi) is 3.21. The first-order valence-corrected chi connectivity index (χ1v) is 6.21. The predicted molar refractivity (Wildman–Crippen MR) is 75.5 cm³/mol. The van der Waals surface area contributed by atoms with E-state index in [2.05, 4.69) is 4.98 Å². The molecule has 1 aromatic carbocycles. The van der Waals surface area contributed by atoms with Crippen LogP contribution < -0.4 is 4.74 Å². The van der Waals surface area contributed by atoms with E-state index in [0.29, 0.717) is 0 Å². The van der Waals surface area contributed by atoms with E-state index in [4.69, 9.17) is 4.74 Å². The maximum absolute atomic E-state index is 13.7. The lowest BCUT2D eigenvalue weighted by atomic mass is 10.1. The first kappa shape index (κ1) is 12.4. The van der Waals surface area contributed by atoms with E-state index in [1.165, 1.54) is 13.2 Å². The molecule has 0 unspecified atom stereocenters. The molecule has 0 radical (unpaired) electrons. The van der Waals surface area contributed by atoms with Gasteiger partial charge in [0.2, 0.25) is 0 Å². The van der Waals surface area contributed by atoms with Gasteiger partial charge in [-0.1, -0.05) is 6.07 Å². The second-order valence-corrected chi connectivity index (χ2v) is 4.34. The molecule has 2 aromatic heterocycles. The third kappa shape index (κ3) is 2.28. The highest BCUT2D eigenvalue weighted by atomic mass is 19.1. The van der Waals surface area contributed by atoms with E-state index in [0.717, 1.165) is 16.9 Å². The minimum atomic E-state index is -0.375. The number of benzene rings is 1. The van der Waals surface area contributed by atoms with Crippen LogP contribution in [-0.2, 0) is 0 Å². The second kappa shape index (κ2) is 5.17. The summed E-state index contributed by atoms with van der Waals surface area (Å²) in [6.45, 7) is 0. The Morgan fingerprint density at radius 2 is 1.80 bits per heavy atom. The molecule has 0 bridgehead atoms. The van der Waals surface area contributed by atoms with Crippen molar-refractivity contribution in [1.29, 1.82) is 0 Å². The van der Waals surface area contributed by atoms with Crippen molar-refractivity contribution in [2.45, 2.75) is 0 Å². The molecule has 3 aromatic rings. The molecular weight excluding hydrogens is 255 g/mol. The molecule has 20 heavy (non-hydrogen) atoms. The Morgan fingerprint density at radius 3 is 2.40 bits per heavy atom. The Labute approximate surface area is 116 Å². The Balaban J connectivity index is 1.93. The van der Waals surface area contributed by atoms with Crippen molar-refractivity contribution in [1.82, 2.24) is 9.55 Å². The van der Waals surface area contributed by atoms with Crippen molar-refractivity contribution in [3.8, 4) is 22.7 Å². The fraction of sp³-hybridized carbons (Fsp3) is 0.0625. The molecule has 100 valence electrons. The van der Waals surface area contributed by atoms with E-state index in [1.807, 2.05) is 47.3 Å². The van der Waals surface area contributed by atoms with Gasteiger partial charge in [-0.15, -0.1) is 0 Å². The fourth-order valence-corrected chi connectivity index (χ4v) is 2.04. The molecule has 0 aliphatic heterocycles. The van der Waals surface area contributed by atoms with Crippen LogP contribution in [0.25, 0.3) is 16.9 Å². The summed E-state index contributed by atoms with van der Waals surface area (Å²) >= 11 is 0. The molecule has 0 saturated carbocycles. The third-order valence-electron chi connectivity index (χ3n) is 3.10. The highest BCUT2D eigenvalue weighted by Gasteiger charge is 2.06. The summed E-state index contributed by atoms with van der Waals surface area (Å²) in [6, 6.07) is 12.6. The Bertz CT molecular complexity index is 706. The highest BCUT2D eigenvalue weighted by Crippen LogP contribution is 2.25. The summed E-state index contributed by atoms with van der Waals surface area (Å²) in [5.41, 5.74) is 1.64. The maximum Gasteiger partial charge on any atom is 0.165 e. The monoisotopic (exact) mass is 268 g/mol. The van der Waals surface area contributed by atoms with Crippen molar-refractivity contribution >= 4 is 0 Å². The maximum atomic E-state index is 13.7. The van der Waals surface area contributed by atoms with Gasteiger partial charge >= 0.3 is 0 Å². The summed E-state index contributed by atoms with van der Waals surface area (Å²) in [6.07, 6.45) is 5.58. The molecule has 0 aliphatic carbocycles. The van der Waals surface area contributed by atoms with Gasteiger partial charge in [-0.2, -0.15) is 0 Å². The SMILES string of the molecule is COc1ccc(-c2ccc(-n3cccc3)nc2)cc1F. The third-order valence-corrected chi connectivity index (χ3v) is 3.10. The van der Waals surface area contributed by atoms with Crippen LogP contribution >= 0.6 is 0 Å². The number of ether oxygens (including phenoxy) is 1. The fourth-order valence-electron chi connectivity index (χ4n) is 2.04. The topological polar surface area (TPSA) is 27.1 Å².